The van der Waals surface area contributed by atoms with Gasteiger partial charge < -0.3 is 4.74 Å². The van der Waals surface area contributed by atoms with Gasteiger partial charge in [0.25, 0.3) is 5.69 Å². The Balaban J connectivity index is 2.33. The molecule has 0 aliphatic rings. The van der Waals surface area contributed by atoms with Crippen molar-refractivity contribution < 1.29 is 14.1 Å². The Morgan fingerprint density at radius 1 is 1.37 bits per heavy atom. The minimum atomic E-state index is -0.522. The quantitative estimate of drug-likeness (QED) is 0.631. The van der Waals surface area contributed by atoms with E-state index in [1.807, 2.05) is 0 Å². The number of halogens is 2. The fourth-order valence-corrected chi connectivity index (χ4v) is 1.90. The van der Waals surface area contributed by atoms with Crippen molar-refractivity contribution in [1.82, 2.24) is 4.98 Å². The summed E-state index contributed by atoms with van der Waals surface area (Å²) in [5.41, 5.74) is 0.332. The number of benzene rings is 1. The molecule has 0 amide bonds. The number of aryl methyl sites for hydroxylation is 1. The monoisotopic (exact) mass is 326 g/mol. The van der Waals surface area contributed by atoms with E-state index < -0.39 is 10.7 Å². The molecule has 19 heavy (non-hydrogen) atoms. The van der Waals surface area contributed by atoms with E-state index >= 15 is 0 Å². The summed E-state index contributed by atoms with van der Waals surface area (Å²) >= 11 is 3.13. The summed E-state index contributed by atoms with van der Waals surface area (Å²) < 4.78 is 19.0. The van der Waals surface area contributed by atoms with Crippen molar-refractivity contribution in [2.75, 3.05) is 0 Å². The fourth-order valence-electron chi connectivity index (χ4n) is 1.46. The van der Waals surface area contributed by atoms with Crippen LogP contribution in [-0.2, 0) is 0 Å². The second-order valence-corrected chi connectivity index (χ2v) is 4.69. The Hall–Kier alpha value is -2.02. The van der Waals surface area contributed by atoms with Gasteiger partial charge in [-0.05, 0) is 19.1 Å². The summed E-state index contributed by atoms with van der Waals surface area (Å²) in [4.78, 5) is 14.2. The van der Waals surface area contributed by atoms with Gasteiger partial charge in [0, 0.05) is 22.3 Å². The zero-order valence-corrected chi connectivity index (χ0v) is 11.3. The van der Waals surface area contributed by atoms with Gasteiger partial charge in [0.05, 0.1) is 11.0 Å². The van der Waals surface area contributed by atoms with Crippen molar-refractivity contribution >= 4 is 21.6 Å². The number of hydrogen-bond donors (Lipinski definition) is 0. The molecule has 0 unspecified atom stereocenters. The molecule has 1 heterocycles. The van der Waals surface area contributed by atoms with Crippen molar-refractivity contribution in [1.29, 1.82) is 0 Å². The molecular formula is C12H8BrFN2O3. The zero-order chi connectivity index (χ0) is 14.0. The lowest BCUT2D eigenvalue weighted by molar-refractivity contribution is -0.385. The van der Waals surface area contributed by atoms with Crippen LogP contribution in [-0.4, -0.2) is 9.91 Å². The van der Waals surface area contributed by atoms with E-state index in [9.17, 15) is 14.5 Å². The van der Waals surface area contributed by atoms with E-state index in [-0.39, 0.29) is 17.3 Å². The molecular weight excluding hydrogens is 319 g/mol. The first-order valence-electron chi connectivity index (χ1n) is 5.20. The van der Waals surface area contributed by atoms with Crippen LogP contribution in [0.2, 0.25) is 0 Å². The van der Waals surface area contributed by atoms with Crippen molar-refractivity contribution in [3.63, 3.8) is 0 Å². The zero-order valence-electron chi connectivity index (χ0n) is 9.76. The van der Waals surface area contributed by atoms with Gasteiger partial charge in [0.1, 0.15) is 11.6 Å². The average Bonchev–Trinajstić information content (AvgIpc) is 2.30. The summed E-state index contributed by atoms with van der Waals surface area (Å²) in [6.07, 6.45) is 1.34. The molecule has 0 radical (unpaired) electrons. The standard InChI is InChI=1S/C12H8BrFN2O3/c1-7-6-15-12(5-11(7)16(17)18)19-10-3-8(13)2-9(14)4-10/h2-6H,1H3. The topological polar surface area (TPSA) is 65.3 Å². The van der Waals surface area contributed by atoms with Crippen LogP contribution in [0.1, 0.15) is 5.56 Å². The van der Waals surface area contributed by atoms with E-state index in [1.165, 1.54) is 24.4 Å². The lowest BCUT2D eigenvalue weighted by Crippen LogP contribution is -1.95. The molecule has 7 heteroatoms. The van der Waals surface area contributed by atoms with Crippen molar-refractivity contribution in [3.05, 3.63) is 56.4 Å². The highest BCUT2D eigenvalue weighted by Crippen LogP contribution is 2.27. The molecule has 5 nitrogen and oxygen atoms in total. The van der Waals surface area contributed by atoms with Crippen LogP contribution in [0.5, 0.6) is 11.6 Å². The van der Waals surface area contributed by atoms with Gasteiger partial charge in [-0.25, -0.2) is 9.37 Å². The molecule has 0 saturated carbocycles. The van der Waals surface area contributed by atoms with Gasteiger partial charge in [-0.2, -0.15) is 0 Å². The normalized spacial score (nSPS) is 10.3. The maximum absolute atomic E-state index is 13.2. The van der Waals surface area contributed by atoms with E-state index in [0.29, 0.717) is 10.0 Å². The molecule has 0 fully saturated rings. The number of pyridine rings is 1. The summed E-state index contributed by atoms with van der Waals surface area (Å²) in [5.74, 6) is -0.238. The number of hydrogen-bond acceptors (Lipinski definition) is 4. The Bertz CT molecular complexity index is 629. The highest BCUT2D eigenvalue weighted by molar-refractivity contribution is 9.10. The van der Waals surface area contributed by atoms with Crippen LogP contribution in [0, 0.1) is 22.9 Å². The minimum Gasteiger partial charge on any atom is -0.439 e. The molecule has 2 aromatic rings. The van der Waals surface area contributed by atoms with Crippen LogP contribution >= 0.6 is 15.9 Å². The smallest absolute Gasteiger partial charge is 0.279 e. The molecule has 1 aromatic heterocycles. The highest BCUT2D eigenvalue weighted by Gasteiger charge is 2.13. The summed E-state index contributed by atoms with van der Waals surface area (Å²) in [5, 5.41) is 10.8. The predicted molar refractivity (Wildman–Crippen MR) is 69.8 cm³/mol. The van der Waals surface area contributed by atoms with Gasteiger partial charge in [0.2, 0.25) is 5.88 Å². The first-order valence-corrected chi connectivity index (χ1v) is 6.00. The van der Waals surface area contributed by atoms with Crippen molar-refractivity contribution in [3.8, 4) is 11.6 Å². The highest BCUT2D eigenvalue weighted by atomic mass is 79.9. The second kappa shape index (κ2) is 5.31. The van der Waals surface area contributed by atoms with E-state index in [0.717, 1.165) is 6.07 Å². The van der Waals surface area contributed by atoms with Crippen LogP contribution in [0.3, 0.4) is 0 Å². The number of ether oxygens (including phenoxy) is 1. The van der Waals surface area contributed by atoms with E-state index in [2.05, 4.69) is 20.9 Å². The minimum absolute atomic E-state index is 0.0369. The summed E-state index contributed by atoms with van der Waals surface area (Å²) in [7, 11) is 0. The molecule has 1 aromatic carbocycles. The fraction of sp³-hybridized carbons (Fsp3) is 0.0833. The Morgan fingerprint density at radius 3 is 2.74 bits per heavy atom. The van der Waals surface area contributed by atoms with Gasteiger partial charge in [-0.15, -0.1) is 0 Å². The summed E-state index contributed by atoms with van der Waals surface area (Å²) in [6, 6.07) is 5.18. The van der Waals surface area contributed by atoms with E-state index in [1.54, 1.807) is 6.92 Å². The SMILES string of the molecule is Cc1cnc(Oc2cc(F)cc(Br)c2)cc1[N+](=O)[O-]. The van der Waals surface area contributed by atoms with Crippen LogP contribution in [0.25, 0.3) is 0 Å². The molecule has 0 saturated heterocycles. The third-order valence-corrected chi connectivity index (χ3v) is 2.76. The maximum Gasteiger partial charge on any atom is 0.279 e. The summed E-state index contributed by atoms with van der Waals surface area (Å²) in [6.45, 7) is 1.58. The first kappa shape index (κ1) is 13.4. The third-order valence-electron chi connectivity index (χ3n) is 2.30. The lowest BCUT2D eigenvalue weighted by atomic mass is 10.2. The Kier molecular flexibility index (Phi) is 3.75. The van der Waals surface area contributed by atoms with Crippen LogP contribution in [0.15, 0.2) is 34.9 Å². The molecule has 98 valence electrons. The largest absolute Gasteiger partial charge is 0.439 e. The van der Waals surface area contributed by atoms with Gasteiger partial charge in [0.15, 0.2) is 0 Å². The lowest BCUT2D eigenvalue weighted by Gasteiger charge is -2.06. The number of nitro groups is 1. The van der Waals surface area contributed by atoms with E-state index in [4.69, 9.17) is 4.74 Å². The molecule has 0 aliphatic carbocycles. The van der Waals surface area contributed by atoms with Crippen LogP contribution in [0.4, 0.5) is 10.1 Å². The maximum atomic E-state index is 13.2. The van der Waals surface area contributed by atoms with Crippen molar-refractivity contribution in [2.45, 2.75) is 6.92 Å². The van der Waals surface area contributed by atoms with Gasteiger partial charge in [-0.3, -0.25) is 10.1 Å². The molecule has 2 rings (SSSR count). The predicted octanol–water partition coefficient (Wildman–Crippen LogP) is 3.99. The Labute approximate surface area is 116 Å². The third kappa shape index (κ3) is 3.25. The number of aromatic nitrogens is 1. The number of rotatable bonds is 3. The van der Waals surface area contributed by atoms with Gasteiger partial charge in [-0.1, -0.05) is 15.9 Å². The average molecular weight is 327 g/mol. The first-order chi connectivity index (χ1) is 8.95. The van der Waals surface area contributed by atoms with Gasteiger partial charge >= 0.3 is 0 Å². The van der Waals surface area contributed by atoms with Crippen LogP contribution < -0.4 is 4.74 Å². The van der Waals surface area contributed by atoms with Crippen molar-refractivity contribution in [2.24, 2.45) is 0 Å². The number of nitrogens with zero attached hydrogens (tertiary/aromatic N) is 2. The second-order valence-electron chi connectivity index (χ2n) is 3.77. The molecule has 0 atom stereocenters. The molecule has 0 bridgehead atoms. The Morgan fingerprint density at radius 2 is 2.11 bits per heavy atom. The molecule has 0 N–H and O–H groups in total. The molecule has 0 aliphatic heterocycles. The molecule has 0 spiro atoms.